The molecule has 0 atom stereocenters. The maximum Gasteiger partial charge on any atom is 0.257 e. The van der Waals surface area contributed by atoms with Crippen LogP contribution in [0.15, 0.2) is 55.0 Å². The smallest absolute Gasteiger partial charge is 0.257 e. The number of hydrogen-bond acceptors (Lipinski definition) is 6. The van der Waals surface area contributed by atoms with Crippen LogP contribution >= 0.6 is 0 Å². The minimum Gasteiger partial charge on any atom is -0.354 e. The van der Waals surface area contributed by atoms with Crippen LogP contribution in [0, 0.1) is 0 Å². The fourth-order valence-electron chi connectivity index (χ4n) is 4.63. The lowest BCUT2D eigenvalue weighted by Gasteiger charge is -2.37. The number of aryl methyl sites for hydroxylation is 1. The first-order chi connectivity index (χ1) is 16.9. The molecule has 0 aliphatic carbocycles. The van der Waals surface area contributed by atoms with Gasteiger partial charge in [0.05, 0.1) is 6.20 Å². The fraction of sp³-hybridized carbons (Fsp3) is 0.308. The van der Waals surface area contributed by atoms with E-state index in [4.69, 9.17) is 0 Å². The van der Waals surface area contributed by atoms with E-state index in [2.05, 4.69) is 62.2 Å². The molecule has 0 bridgehead atoms. The summed E-state index contributed by atoms with van der Waals surface area (Å²) >= 11 is 0. The minimum absolute atomic E-state index is 0.191. The SMILES string of the molecule is Bc1nc(NC(=O)c2ccnc(N3CCN(C(C)C)CC3)c2)cc2cc(-c3cnn(C)c3)ccc12. The van der Waals surface area contributed by atoms with Gasteiger partial charge in [-0.15, -0.1) is 0 Å². The summed E-state index contributed by atoms with van der Waals surface area (Å²) < 4.78 is 1.79. The molecular weight excluding hydrogens is 437 g/mol. The number of amides is 1. The molecule has 1 N–H and O–H groups in total. The lowest BCUT2D eigenvalue weighted by molar-refractivity contribution is 0.102. The number of carbonyl (C=O) groups excluding carboxylic acids is 1. The van der Waals surface area contributed by atoms with E-state index in [-0.39, 0.29) is 5.91 Å². The predicted molar refractivity (Wildman–Crippen MR) is 143 cm³/mol. The van der Waals surface area contributed by atoms with Crippen molar-refractivity contribution in [3.05, 3.63) is 60.6 Å². The first-order valence-electron chi connectivity index (χ1n) is 12.0. The average molecular weight is 467 g/mol. The third-order valence-corrected chi connectivity index (χ3v) is 6.68. The second-order valence-corrected chi connectivity index (χ2v) is 9.41. The highest BCUT2D eigenvalue weighted by molar-refractivity contribution is 6.37. The first-order valence-corrected chi connectivity index (χ1v) is 12.0. The van der Waals surface area contributed by atoms with E-state index in [1.54, 1.807) is 16.9 Å². The van der Waals surface area contributed by atoms with Crippen molar-refractivity contribution >= 4 is 41.8 Å². The third-order valence-electron chi connectivity index (χ3n) is 6.68. The summed E-state index contributed by atoms with van der Waals surface area (Å²) in [6.07, 6.45) is 5.54. The molecule has 0 radical (unpaired) electrons. The Morgan fingerprint density at radius 2 is 1.86 bits per heavy atom. The van der Waals surface area contributed by atoms with Crippen LogP contribution in [0.4, 0.5) is 11.6 Å². The Kier molecular flexibility index (Phi) is 6.26. The van der Waals surface area contributed by atoms with E-state index in [1.165, 1.54) is 0 Å². The van der Waals surface area contributed by atoms with Crippen LogP contribution < -0.4 is 15.8 Å². The molecule has 1 amide bonds. The molecule has 4 aromatic rings. The number of carbonyl (C=O) groups is 1. The van der Waals surface area contributed by atoms with Crippen LogP contribution in [0.2, 0.25) is 0 Å². The molecule has 4 heterocycles. The molecule has 1 aliphatic heterocycles. The molecule has 0 spiro atoms. The summed E-state index contributed by atoms with van der Waals surface area (Å²) in [4.78, 5) is 27.0. The Bertz CT molecular complexity index is 1380. The van der Waals surface area contributed by atoms with Crippen molar-refractivity contribution in [1.82, 2.24) is 24.6 Å². The standard InChI is InChI=1S/C26H30BN7O/c1-17(2)33-8-10-34(11-9-33)24-14-19(6-7-28-24)26(35)31-23-13-20-12-18(21-15-29-32(3)16-21)4-5-22(20)25(27)30-23/h4-7,12-17H,8-11,27H2,1-3H3,(H,30,31,35). The molecule has 8 nitrogen and oxygen atoms in total. The van der Waals surface area contributed by atoms with Crippen molar-refractivity contribution in [3.8, 4) is 11.1 Å². The van der Waals surface area contributed by atoms with E-state index in [0.717, 1.165) is 59.5 Å². The van der Waals surface area contributed by atoms with E-state index >= 15 is 0 Å². The summed E-state index contributed by atoms with van der Waals surface area (Å²) in [6.45, 7) is 8.25. The van der Waals surface area contributed by atoms with Gasteiger partial charge in [-0.2, -0.15) is 5.10 Å². The van der Waals surface area contributed by atoms with Gasteiger partial charge in [-0.1, -0.05) is 12.1 Å². The summed E-state index contributed by atoms with van der Waals surface area (Å²) in [5, 5.41) is 9.33. The van der Waals surface area contributed by atoms with E-state index < -0.39 is 0 Å². The zero-order valence-electron chi connectivity index (χ0n) is 20.7. The van der Waals surface area contributed by atoms with Gasteiger partial charge in [0.25, 0.3) is 5.91 Å². The largest absolute Gasteiger partial charge is 0.354 e. The molecule has 9 heteroatoms. The summed E-state index contributed by atoms with van der Waals surface area (Å²) in [6, 6.07) is 12.3. The first kappa shape index (κ1) is 23.0. The number of hydrogen-bond donors (Lipinski definition) is 1. The molecule has 3 aromatic heterocycles. The van der Waals surface area contributed by atoms with Gasteiger partial charge in [-0.05, 0) is 54.4 Å². The van der Waals surface area contributed by atoms with Gasteiger partial charge in [0.1, 0.15) is 11.6 Å². The van der Waals surface area contributed by atoms with Gasteiger partial charge in [0.2, 0.25) is 0 Å². The van der Waals surface area contributed by atoms with E-state index in [9.17, 15) is 4.79 Å². The normalized spacial score (nSPS) is 14.6. The second-order valence-electron chi connectivity index (χ2n) is 9.41. The highest BCUT2D eigenvalue weighted by Gasteiger charge is 2.20. The molecule has 1 fully saturated rings. The molecular formula is C26H30BN7O. The van der Waals surface area contributed by atoms with Crippen LogP contribution in [-0.4, -0.2) is 70.6 Å². The third kappa shape index (κ3) is 4.90. The van der Waals surface area contributed by atoms with Crippen LogP contribution in [0.25, 0.3) is 21.9 Å². The Hall–Kier alpha value is -3.72. The quantitative estimate of drug-likeness (QED) is 0.453. The second kappa shape index (κ2) is 9.50. The van der Waals surface area contributed by atoms with Gasteiger partial charge in [0, 0.05) is 68.4 Å². The van der Waals surface area contributed by atoms with Crippen molar-refractivity contribution in [1.29, 1.82) is 0 Å². The molecule has 1 aliphatic rings. The highest BCUT2D eigenvalue weighted by Crippen LogP contribution is 2.25. The maximum atomic E-state index is 13.1. The van der Waals surface area contributed by atoms with Crippen LogP contribution in [0.1, 0.15) is 24.2 Å². The number of rotatable bonds is 5. The van der Waals surface area contributed by atoms with Gasteiger partial charge in [-0.25, -0.2) is 9.97 Å². The van der Waals surface area contributed by atoms with Gasteiger partial charge in [-0.3, -0.25) is 14.4 Å². The zero-order valence-corrected chi connectivity index (χ0v) is 20.7. The molecule has 178 valence electrons. The van der Waals surface area contributed by atoms with Gasteiger partial charge < -0.3 is 10.2 Å². The van der Waals surface area contributed by atoms with Crippen molar-refractivity contribution in [2.24, 2.45) is 7.05 Å². The Morgan fingerprint density at radius 3 is 2.57 bits per heavy atom. The molecule has 0 saturated carbocycles. The Balaban J connectivity index is 1.35. The van der Waals surface area contributed by atoms with Crippen LogP contribution in [0.5, 0.6) is 0 Å². The summed E-state index contributed by atoms with van der Waals surface area (Å²) in [5.41, 5.74) is 3.57. The number of anilines is 2. The molecule has 1 aromatic carbocycles. The van der Waals surface area contributed by atoms with Crippen LogP contribution in [-0.2, 0) is 7.05 Å². The molecule has 0 unspecified atom stereocenters. The van der Waals surface area contributed by atoms with Crippen molar-refractivity contribution in [3.63, 3.8) is 0 Å². The van der Waals surface area contributed by atoms with Crippen molar-refractivity contribution < 1.29 is 4.79 Å². The number of piperazine rings is 1. The lowest BCUT2D eigenvalue weighted by Crippen LogP contribution is -2.49. The summed E-state index contributed by atoms with van der Waals surface area (Å²) in [5.74, 6) is 1.18. The van der Waals surface area contributed by atoms with Crippen LogP contribution in [0.3, 0.4) is 0 Å². The fourth-order valence-corrected chi connectivity index (χ4v) is 4.63. The highest BCUT2D eigenvalue weighted by atomic mass is 16.1. The minimum atomic E-state index is -0.191. The van der Waals surface area contributed by atoms with Gasteiger partial charge in [0.15, 0.2) is 7.85 Å². The summed E-state index contributed by atoms with van der Waals surface area (Å²) in [7, 11) is 3.87. The Morgan fingerprint density at radius 1 is 1.06 bits per heavy atom. The lowest BCUT2D eigenvalue weighted by atomic mass is 9.94. The monoisotopic (exact) mass is 467 g/mol. The zero-order chi connectivity index (χ0) is 24.5. The van der Waals surface area contributed by atoms with E-state index in [0.29, 0.717) is 17.4 Å². The molecule has 35 heavy (non-hydrogen) atoms. The van der Waals surface area contributed by atoms with Crippen molar-refractivity contribution in [2.45, 2.75) is 19.9 Å². The number of benzene rings is 1. The number of aromatic nitrogens is 4. The number of nitrogens with one attached hydrogen (secondary N) is 1. The number of pyridine rings is 2. The number of nitrogens with zero attached hydrogens (tertiary/aromatic N) is 6. The maximum absolute atomic E-state index is 13.1. The predicted octanol–water partition coefficient (Wildman–Crippen LogP) is 2.07. The topological polar surface area (TPSA) is 79.2 Å². The van der Waals surface area contributed by atoms with Crippen molar-refractivity contribution in [2.75, 3.05) is 36.4 Å². The molecule has 1 saturated heterocycles. The Labute approximate surface area is 206 Å². The average Bonchev–Trinajstić information content (AvgIpc) is 3.30. The van der Waals surface area contributed by atoms with E-state index in [1.807, 2.05) is 39.4 Å². The van der Waals surface area contributed by atoms with Gasteiger partial charge >= 0.3 is 0 Å². The number of fused-ring (bicyclic) bond motifs is 1. The molecule has 5 rings (SSSR count).